The van der Waals surface area contributed by atoms with E-state index in [2.05, 4.69) is 4.74 Å². The van der Waals surface area contributed by atoms with E-state index in [-0.39, 0.29) is 5.57 Å². The highest BCUT2D eigenvalue weighted by molar-refractivity contribution is 6.07. The van der Waals surface area contributed by atoms with Gasteiger partial charge in [0, 0.05) is 0 Å². The number of ether oxygens (including phenoxy) is 2. The molecular weight excluding hydrogens is 248 g/mol. The number of rotatable bonds is 3. The molecule has 1 rings (SSSR count). The highest BCUT2D eigenvalue weighted by Crippen LogP contribution is 2.13. The van der Waals surface area contributed by atoms with Crippen molar-refractivity contribution in [3.63, 3.8) is 0 Å². The SMILES string of the molecule is COC(=O)NC(=O)/C(C#N)=C/c1ccc(OC)cc1. The molecule has 0 aliphatic heterocycles. The maximum Gasteiger partial charge on any atom is 0.413 e. The molecule has 0 saturated carbocycles. The van der Waals surface area contributed by atoms with E-state index in [0.717, 1.165) is 7.11 Å². The van der Waals surface area contributed by atoms with Crippen molar-refractivity contribution >= 4 is 18.1 Å². The van der Waals surface area contributed by atoms with Gasteiger partial charge in [0.25, 0.3) is 5.91 Å². The molecule has 6 heteroatoms. The molecule has 6 nitrogen and oxygen atoms in total. The topological polar surface area (TPSA) is 88.4 Å². The third-order valence-corrected chi connectivity index (χ3v) is 2.19. The molecule has 0 radical (unpaired) electrons. The summed E-state index contributed by atoms with van der Waals surface area (Å²) in [6.07, 6.45) is 0.443. The lowest BCUT2D eigenvalue weighted by atomic mass is 10.1. The van der Waals surface area contributed by atoms with Crippen LogP contribution in [0.5, 0.6) is 5.75 Å². The minimum Gasteiger partial charge on any atom is -0.497 e. The standard InChI is InChI=1S/C13H12N2O4/c1-18-11-5-3-9(4-6-11)7-10(8-14)12(16)15-13(17)19-2/h3-7H,1-2H3,(H,15,16,17)/b10-7+. The zero-order chi connectivity index (χ0) is 14.3. The van der Waals surface area contributed by atoms with E-state index >= 15 is 0 Å². The van der Waals surface area contributed by atoms with Gasteiger partial charge in [-0.2, -0.15) is 5.26 Å². The molecule has 0 atom stereocenters. The summed E-state index contributed by atoms with van der Waals surface area (Å²) in [7, 11) is 2.66. The van der Waals surface area contributed by atoms with Crippen molar-refractivity contribution in [2.45, 2.75) is 0 Å². The smallest absolute Gasteiger partial charge is 0.413 e. The van der Waals surface area contributed by atoms with Gasteiger partial charge in [0.05, 0.1) is 14.2 Å². The number of hydrogen-bond donors (Lipinski definition) is 1. The third-order valence-electron chi connectivity index (χ3n) is 2.19. The van der Waals surface area contributed by atoms with Gasteiger partial charge < -0.3 is 9.47 Å². The van der Waals surface area contributed by atoms with Crippen molar-refractivity contribution in [3.05, 3.63) is 35.4 Å². The lowest BCUT2D eigenvalue weighted by Gasteiger charge is -2.02. The number of carbonyl (C=O) groups excluding carboxylic acids is 2. The largest absolute Gasteiger partial charge is 0.497 e. The molecular formula is C13H12N2O4. The maximum atomic E-state index is 11.5. The molecule has 0 unspecified atom stereocenters. The van der Waals surface area contributed by atoms with Crippen LogP contribution >= 0.6 is 0 Å². The first-order valence-corrected chi connectivity index (χ1v) is 5.26. The second-order valence-electron chi connectivity index (χ2n) is 3.39. The summed E-state index contributed by atoms with van der Waals surface area (Å²) in [4.78, 5) is 22.4. The summed E-state index contributed by atoms with van der Waals surface area (Å²) in [5.41, 5.74) is 0.438. The van der Waals surface area contributed by atoms with Crippen molar-refractivity contribution in [2.75, 3.05) is 14.2 Å². The molecule has 0 aromatic heterocycles. The monoisotopic (exact) mass is 260 g/mol. The zero-order valence-corrected chi connectivity index (χ0v) is 10.5. The number of benzene rings is 1. The molecule has 98 valence electrons. The van der Waals surface area contributed by atoms with Crippen LogP contribution in [0.15, 0.2) is 29.8 Å². The molecule has 0 saturated heterocycles. The number of hydrogen-bond acceptors (Lipinski definition) is 5. The van der Waals surface area contributed by atoms with Crippen LogP contribution in [0.1, 0.15) is 5.56 Å². The zero-order valence-electron chi connectivity index (χ0n) is 10.5. The molecule has 0 heterocycles. The first-order chi connectivity index (χ1) is 9.10. The average Bonchev–Trinajstić information content (AvgIpc) is 2.44. The number of alkyl carbamates (subject to hydrolysis) is 1. The van der Waals surface area contributed by atoms with Gasteiger partial charge in [0.1, 0.15) is 17.4 Å². The van der Waals surface area contributed by atoms with Gasteiger partial charge in [0.15, 0.2) is 0 Å². The first kappa shape index (κ1) is 14.3. The average molecular weight is 260 g/mol. The Bertz CT molecular complexity index is 541. The van der Waals surface area contributed by atoms with Crippen LogP contribution in [0.3, 0.4) is 0 Å². The number of imide groups is 1. The van der Waals surface area contributed by atoms with Gasteiger partial charge in [-0.3, -0.25) is 10.1 Å². The van der Waals surface area contributed by atoms with Crippen molar-refractivity contribution in [3.8, 4) is 11.8 Å². The van der Waals surface area contributed by atoms with E-state index in [1.54, 1.807) is 30.3 Å². The number of nitriles is 1. The van der Waals surface area contributed by atoms with Crippen LogP contribution in [0.4, 0.5) is 4.79 Å². The molecule has 19 heavy (non-hydrogen) atoms. The van der Waals surface area contributed by atoms with E-state index < -0.39 is 12.0 Å². The minimum absolute atomic E-state index is 0.199. The molecule has 0 aliphatic rings. The summed E-state index contributed by atoms with van der Waals surface area (Å²) < 4.78 is 9.26. The number of methoxy groups -OCH3 is 2. The fourth-order valence-electron chi connectivity index (χ4n) is 1.23. The molecule has 0 fully saturated rings. The predicted octanol–water partition coefficient (Wildman–Crippen LogP) is 1.48. The van der Waals surface area contributed by atoms with Crippen LogP contribution in [-0.4, -0.2) is 26.2 Å². The van der Waals surface area contributed by atoms with Gasteiger partial charge in [-0.1, -0.05) is 12.1 Å². The molecule has 1 aromatic rings. The van der Waals surface area contributed by atoms with Crippen molar-refractivity contribution in [1.29, 1.82) is 5.26 Å². The molecule has 0 aliphatic carbocycles. The first-order valence-electron chi connectivity index (χ1n) is 5.26. The van der Waals surface area contributed by atoms with Crippen molar-refractivity contribution in [2.24, 2.45) is 0 Å². The van der Waals surface area contributed by atoms with Crippen LogP contribution in [0, 0.1) is 11.3 Å². The van der Waals surface area contributed by atoms with Gasteiger partial charge in [0.2, 0.25) is 0 Å². The van der Waals surface area contributed by atoms with Crippen LogP contribution in [-0.2, 0) is 9.53 Å². The fourth-order valence-corrected chi connectivity index (χ4v) is 1.23. The summed E-state index contributed by atoms with van der Waals surface area (Å²) in [6.45, 7) is 0. The van der Waals surface area contributed by atoms with Gasteiger partial charge in [-0.15, -0.1) is 0 Å². The fraction of sp³-hybridized carbons (Fsp3) is 0.154. The number of carbonyl (C=O) groups is 2. The maximum absolute atomic E-state index is 11.5. The van der Waals surface area contributed by atoms with E-state index in [9.17, 15) is 9.59 Å². The van der Waals surface area contributed by atoms with Crippen LogP contribution in [0.2, 0.25) is 0 Å². The predicted molar refractivity (Wildman–Crippen MR) is 67.1 cm³/mol. The second kappa shape index (κ2) is 6.81. The van der Waals surface area contributed by atoms with E-state index in [1.165, 1.54) is 13.2 Å². The lowest BCUT2D eigenvalue weighted by molar-refractivity contribution is -0.116. The van der Waals surface area contributed by atoms with Crippen molar-refractivity contribution < 1.29 is 19.1 Å². The highest BCUT2D eigenvalue weighted by atomic mass is 16.5. The van der Waals surface area contributed by atoms with Gasteiger partial charge >= 0.3 is 6.09 Å². The third kappa shape index (κ3) is 4.16. The summed E-state index contributed by atoms with van der Waals surface area (Å²) >= 11 is 0. The highest BCUT2D eigenvalue weighted by Gasteiger charge is 2.12. The molecule has 2 amide bonds. The normalized spacial score (nSPS) is 10.3. The molecule has 0 spiro atoms. The Morgan fingerprint density at radius 1 is 1.26 bits per heavy atom. The number of nitrogens with one attached hydrogen (secondary N) is 1. The number of nitrogens with zero attached hydrogens (tertiary/aromatic N) is 1. The Labute approximate surface area is 110 Å². The minimum atomic E-state index is -0.916. The molecule has 0 bridgehead atoms. The van der Waals surface area contributed by atoms with E-state index in [4.69, 9.17) is 10.00 Å². The van der Waals surface area contributed by atoms with Crippen LogP contribution < -0.4 is 10.1 Å². The summed E-state index contributed by atoms with van der Waals surface area (Å²) in [5, 5.41) is 10.8. The Morgan fingerprint density at radius 3 is 2.37 bits per heavy atom. The quantitative estimate of drug-likeness (QED) is 0.657. The Kier molecular flexibility index (Phi) is 5.11. The van der Waals surface area contributed by atoms with Crippen LogP contribution in [0.25, 0.3) is 6.08 Å². The Balaban J connectivity index is 2.89. The Hall–Kier alpha value is -2.81. The van der Waals surface area contributed by atoms with E-state index in [1.807, 2.05) is 5.32 Å². The summed E-state index contributed by atoms with van der Waals surface area (Å²) in [6, 6.07) is 8.47. The van der Waals surface area contributed by atoms with Gasteiger partial charge in [-0.25, -0.2) is 4.79 Å². The van der Waals surface area contributed by atoms with Gasteiger partial charge in [-0.05, 0) is 23.8 Å². The lowest BCUT2D eigenvalue weighted by Crippen LogP contribution is -2.31. The summed E-state index contributed by atoms with van der Waals surface area (Å²) in [5.74, 6) is -0.153. The Morgan fingerprint density at radius 2 is 1.89 bits per heavy atom. The molecule has 1 N–H and O–H groups in total. The number of amides is 2. The van der Waals surface area contributed by atoms with E-state index in [0.29, 0.717) is 11.3 Å². The second-order valence-corrected chi connectivity index (χ2v) is 3.39. The van der Waals surface area contributed by atoms with Crippen molar-refractivity contribution in [1.82, 2.24) is 5.32 Å². The molecule has 1 aromatic carbocycles.